The van der Waals surface area contributed by atoms with Crippen LogP contribution in [-0.2, 0) is 4.74 Å². The molecule has 1 fully saturated rings. The first-order valence-corrected chi connectivity index (χ1v) is 7.97. The second-order valence-corrected chi connectivity index (χ2v) is 6.59. The highest BCUT2D eigenvalue weighted by Gasteiger charge is 2.39. The molecule has 5 heteroatoms. The van der Waals surface area contributed by atoms with Crippen molar-refractivity contribution in [1.29, 1.82) is 0 Å². The molecule has 3 nitrogen and oxygen atoms in total. The fraction of sp³-hybridized carbons (Fsp3) is 0.600. The van der Waals surface area contributed by atoms with Crippen LogP contribution < -0.4 is 10.1 Å². The average molecular weight is 363 g/mol. The Bertz CT molecular complexity index is 472. The van der Waals surface area contributed by atoms with E-state index in [0.717, 1.165) is 35.0 Å². The monoisotopic (exact) mass is 361 g/mol. The molecule has 0 bridgehead atoms. The Morgan fingerprint density at radius 2 is 2.10 bits per heavy atom. The van der Waals surface area contributed by atoms with Crippen LogP contribution in [0.2, 0.25) is 5.02 Å². The number of hydrogen-bond donors (Lipinski definition) is 1. The molecule has 1 aromatic rings. The first kappa shape index (κ1) is 16.1. The quantitative estimate of drug-likeness (QED) is 0.817. The zero-order valence-electron chi connectivity index (χ0n) is 12.1. The highest BCUT2D eigenvalue weighted by molar-refractivity contribution is 9.10. The summed E-state index contributed by atoms with van der Waals surface area (Å²) in [6, 6.07) is 3.97. The number of rotatable bonds is 6. The van der Waals surface area contributed by atoms with E-state index in [1.807, 2.05) is 19.2 Å². The van der Waals surface area contributed by atoms with Gasteiger partial charge in [-0.15, -0.1) is 0 Å². The molecule has 0 amide bonds. The molecule has 1 N–H and O–H groups in total. The summed E-state index contributed by atoms with van der Waals surface area (Å²) in [5.41, 5.74) is 1.06. The van der Waals surface area contributed by atoms with Gasteiger partial charge >= 0.3 is 0 Å². The Morgan fingerprint density at radius 3 is 2.55 bits per heavy atom. The third-order valence-corrected chi connectivity index (χ3v) is 5.05. The van der Waals surface area contributed by atoms with Gasteiger partial charge in [0, 0.05) is 23.7 Å². The van der Waals surface area contributed by atoms with Crippen LogP contribution in [0, 0.1) is 0 Å². The number of methoxy groups -OCH3 is 2. The molecular weight excluding hydrogens is 342 g/mol. The summed E-state index contributed by atoms with van der Waals surface area (Å²) < 4.78 is 12.1. The summed E-state index contributed by atoms with van der Waals surface area (Å²) in [5, 5.41) is 4.07. The van der Waals surface area contributed by atoms with Gasteiger partial charge in [-0.05, 0) is 60.8 Å². The van der Waals surface area contributed by atoms with E-state index in [9.17, 15) is 0 Å². The topological polar surface area (TPSA) is 30.5 Å². The first-order valence-electron chi connectivity index (χ1n) is 6.80. The molecule has 20 heavy (non-hydrogen) atoms. The van der Waals surface area contributed by atoms with E-state index in [1.54, 1.807) is 14.2 Å². The van der Waals surface area contributed by atoms with Crippen LogP contribution in [-0.4, -0.2) is 26.9 Å². The molecule has 1 atom stereocenters. The van der Waals surface area contributed by atoms with Gasteiger partial charge in [-0.2, -0.15) is 0 Å². The molecule has 0 saturated heterocycles. The molecule has 1 saturated carbocycles. The van der Waals surface area contributed by atoms with Crippen molar-refractivity contribution in [2.45, 2.75) is 37.3 Å². The van der Waals surface area contributed by atoms with E-state index >= 15 is 0 Å². The van der Waals surface area contributed by atoms with Crippen LogP contribution in [0.25, 0.3) is 0 Å². The summed E-state index contributed by atoms with van der Waals surface area (Å²) in [7, 11) is 5.44. The lowest BCUT2D eigenvalue weighted by atomic mass is 9.74. The molecule has 0 radical (unpaired) electrons. The lowest BCUT2D eigenvalue weighted by Crippen LogP contribution is -2.42. The molecule has 1 aromatic carbocycles. The van der Waals surface area contributed by atoms with Gasteiger partial charge in [0.25, 0.3) is 0 Å². The van der Waals surface area contributed by atoms with Crippen LogP contribution in [0.4, 0.5) is 0 Å². The highest BCUT2D eigenvalue weighted by atomic mass is 79.9. The van der Waals surface area contributed by atoms with E-state index in [1.165, 1.54) is 6.42 Å². The SMILES string of the molecule is CNC(CC1(OC)CCC1)c1cc(Cl)cc(Br)c1OC. The fourth-order valence-electron chi connectivity index (χ4n) is 2.86. The summed E-state index contributed by atoms with van der Waals surface area (Å²) in [5.74, 6) is 0.833. The second-order valence-electron chi connectivity index (χ2n) is 5.30. The van der Waals surface area contributed by atoms with Crippen molar-refractivity contribution in [3.63, 3.8) is 0 Å². The van der Waals surface area contributed by atoms with Crippen molar-refractivity contribution in [3.05, 3.63) is 27.2 Å². The van der Waals surface area contributed by atoms with Crippen molar-refractivity contribution >= 4 is 27.5 Å². The van der Waals surface area contributed by atoms with E-state index in [2.05, 4.69) is 21.2 Å². The van der Waals surface area contributed by atoms with Gasteiger partial charge in [0.2, 0.25) is 0 Å². The van der Waals surface area contributed by atoms with E-state index in [0.29, 0.717) is 5.02 Å². The number of halogens is 2. The summed E-state index contributed by atoms with van der Waals surface area (Å²) in [6.07, 6.45) is 4.39. The smallest absolute Gasteiger partial charge is 0.137 e. The Balaban J connectivity index is 2.31. The van der Waals surface area contributed by atoms with E-state index in [-0.39, 0.29) is 11.6 Å². The van der Waals surface area contributed by atoms with Gasteiger partial charge in [0.1, 0.15) is 5.75 Å². The Labute approximate surface area is 134 Å². The van der Waals surface area contributed by atoms with Crippen molar-refractivity contribution in [1.82, 2.24) is 5.32 Å². The summed E-state index contributed by atoms with van der Waals surface area (Å²) >= 11 is 9.70. The molecule has 0 spiro atoms. The third-order valence-electron chi connectivity index (χ3n) is 4.24. The average Bonchev–Trinajstić information content (AvgIpc) is 2.38. The molecule has 1 aliphatic carbocycles. The van der Waals surface area contributed by atoms with Gasteiger partial charge in [-0.25, -0.2) is 0 Å². The van der Waals surface area contributed by atoms with Gasteiger partial charge in [0.15, 0.2) is 0 Å². The van der Waals surface area contributed by atoms with Crippen LogP contribution in [0.1, 0.15) is 37.3 Å². The minimum Gasteiger partial charge on any atom is -0.495 e. The zero-order valence-corrected chi connectivity index (χ0v) is 14.5. The molecule has 1 aliphatic rings. The zero-order chi connectivity index (χ0) is 14.8. The predicted octanol–water partition coefficient (Wildman–Crippen LogP) is 4.33. The minimum absolute atomic E-state index is 0.00647. The van der Waals surface area contributed by atoms with E-state index in [4.69, 9.17) is 21.1 Å². The summed E-state index contributed by atoms with van der Waals surface area (Å²) in [4.78, 5) is 0. The van der Waals surface area contributed by atoms with Crippen molar-refractivity contribution < 1.29 is 9.47 Å². The standard InChI is InChI=1S/C15H21BrClNO2/c1-18-13(9-15(20-3)5-4-6-15)11-7-10(17)8-12(16)14(11)19-2/h7-8,13,18H,4-6,9H2,1-3H3. The van der Waals surface area contributed by atoms with Crippen molar-refractivity contribution in [2.24, 2.45) is 0 Å². The fourth-order valence-corrected chi connectivity index (χ4v) is 3.85. The Hall–Kier alpha value is -0.290. The number of benzene rings is 1. The second kappa shape index (κ2) is 6.65. The largest absolute Gasteiger partial charge is 0.495 e. The number of hydrogen-bond acceptors (Lipinski definition) is 3. The van der Waals surface area contributed by atoms with E-state index < -0.39 is 0 Å². The molecule has 0 aliphatic heterocycles. The number of ether oxygens (including phenoxy) is 2. The van der Waals surface area contributed by atoms with Gasteiger partial charge < -0.3 is 14.8 Å². The van der Waals surface area contributed by atoms with Gasteiger partial charge in [0.05, 0.1) is 17.2 Å². The molecule has 112 valence electrons. The van der Waals surface area contributed by atoms with Crippen LogP contribution in [0.3, 0.4) is 0 Å². The van der Waals surface area contributed by atoms with Crippen LogP contribution >= 0.6 is 27.5 Å². The lowest BCUT2D eigenvalue weighted by Gasteiger charge is -2.43. The highest BCUT2D eigenvalue weighted by Crippen LogP contribution is 2.44. The van der Waals surface area contributed by atoms with Gasteiger partial charge in [-0.1, -0.05) is 11.6 Å². The Kier molecular flexibility index (Phi) is 5.35. The number of nitrogens with one attached hydrogen (secondary N) is 1. The minimum atomic E-state index is -0.00647. The summed E-state index contributed by atoms with van der Waals surface area (Å²) in [6.45, 7) is 0. The van der Waals surface area contributed by atoms with Gasteiger partial charge in [-0.3, -0.25) is 0 Å². The molecule has 1 unspecified atom stereocenters. The first-order chi connectivity index (χ1) is 9.55. The molecule has 2 rings (SSSR count). The maximum absolute atomic E-state index is 6.19. The predicted molar refractivity (Wildman–Crippen MR) is 85.7 cm³/mol. The normalized spacial score (nSPS) is 18.4. The van der Waals surface area contributed by atoms with Crippen LogP contribution in [0.15, 0.2) is 16.6 Å². The Morgan fingerprint density at radius 1 is 1.40 bits per heavy atom. The third kappa shape index (κ3) is 3.14. The van der Waals surface area contributed by atoms with Crippen molar-refractivity contribution in [3.8, 4) is 5.75 Å². The molecule has 0 heterocycles. The van der Waals surface area contributed by atoms with Crippen LogP contribution in [0.5, 0.6) is 5.75 Å². The maximum Gasteiger partial charge on any atom is 0.137 e. The van der Waals surface area contributed by atoms with Crippen molar-refractivity contribution in [2.75, 3.05) is 21.3 Å². The molecule has 0 aromatic heterocycles. The maximum atomic E-state index is 6.19. The molecular formula is C15H21BrClNO2. The lowest BCUT2D eigenvalue weighted by molar-refractivity contribution is -0.0835.